The van der Waals surface area contributed by atoms with Crippen LogP contribution in [0.25, 0.3) is 0 Å². The van der Waals surface area contributed by atoms with Crippen molar-refractivity contribution < 1.29 is 8.78 Å². The first-order valence-electron chi connectivity index (χ1n) is 14.3. The van der Waals surface area contributed by atoms with Crippen LogP contribution in [0, 0.1) is 35.3 Å². The highest BCUT2D eigenvalue weighted by Crippen LogP contribution is 2.16. The van der Waals surface area contributed by atoms with Crippen LogP contribution in [-0.2, 0) is 12.8 Å². The van der Waals surface area contributed by atoms with E-state index in [-0.39, 0.29) is 5.56 Å². The van der Waals surface area contributed by atoms with Crippen LogP contribution in [0.15, 0.2) is 60.7 Å². The highest BCUT2D eigenvalue weighted by molar-refractivity contribution is 5.49. The molecule has 0 saturated carbocycles. The molecule has 0 heterocycles. The van der Waals surface area contributed by atoms with Gasteiger partial charge in [0.05, 0.1) is 5.56 Å². The molecule has 0 nitrogen and oxygen atoms in total. The fourth-order valence-corrected chi connectivity index (χ4v) is 4.42. The van der Waals surface area contributed by atoms with E-state index in [0.29, 0.717) is 5.56 Å². The van der Waals surface area contributed by atoms with Gasteiger partial charge in [0.1, 0.15) is 11.6 Å². The molecule has 0 aliphatic rings. The van der Waals surface area contributed by atoms with Crippen LogP contribution in [0.3, 0.4) is 0 Å². The molecule has 0 aliphatic heterocycles. The lowest BCUT2D eigenvalue weighted by Crippen LogP contribution is -1.93. The number of hydrogen-bond donors (Lipinski definition) is 0. The molecule has 0 fully saturated rings. The van der Waals surface area contributed by atoms with Gasteiger partial charge >= 0.3 is 0 Å². The summed E-state index contributed by atoms with van der Waals surface area (Å²) in [6.07, 6.45) is 14.8. The van der Waals surface area contributed by atoms with Gasteiger partial charge in [-0.05, 0) is 73.2 Å². The Morgan fingerprint density at radius 1 is 0.474 bits per heavy atom. The van der Waals surface area contributed by atoms with Gasteiger partial charge in [0.2, 0.25) is 0 Å². The fourth-order valence-electron chi connectivity index (χ4n) is 4.42. The zero-order valence-electron chi connectivity index (χ0n) is 23.0. The summed E-state index contributed by atoms with van der Waals surface area (Å²) in [5.74, 6) is 10.1. The smallest absolute Gasteiger partial charge is 0.143 e. The lowest BCUT2D eigenvalue weighted by atomic mass is 10.0. The molecule has 0 bridgehead atoms. The molecule has 3 aromatic rings. The van der Waals surface area contributed by atoms with E-state index < -0.39 is 11.6 Å². The maximum atomic E-state index is 14.7. The molecule has 2 heteroatoms. The van der Waals surface area contributed by atoms with E-state index in [1.807, 2.05) is 36.4 Å². The van der Waals surface area contributed by atoms with E-state index in [4.69, 9.17) is 0 Å². The summed E-state index contributed by atoms with van der Waals surface area (Å²) in [5.41, 5.74) is 4.20. The van der Waals surface area contributed by atoms with E-state index in [1.165, 1.54) is 81.0 Å². The highest BCUT2D eigenvalue weighted by atomic mass is 19.1. The van der Waals surface area contributed by atoms with E-state index in [2.05, 4.69) is 49.7 Å². The van der Waals surface area contributed by atoms with Gasteiger partial charge in [-0.15, -0.1) is 0 Å². The normalized spacial score (nSPS) is 10.4. The average Bonchev–Trinajstić information content (AvgIpc) is 2.92. The molecule has 0 N–H and O–H groups in total. The third-order valence-corrected chi connectivity index (χ3v) is 6.77. The number of benzene rings is 3. The van der Waals surface area contributed by atoms with Crippen LogP contribution in [0.5, 0.6) is 0 Å². The van der Waals surface area contributed by atoms with Crippen molar-refractivity contribution >= 4 is 0 Å². The SMILES string of the molecule is CCCCCCCCCc1ccc(C#Cc2cc(F)c(C#Cc3ccc(CCCCC)cc3)c(F)c2)cc1. The fraction of sp³-hybridized carbons (Fsp3) is 0.389. The molecular formula is C36H40F2. The highest BCUT2D eigenvalue weighted by Gasteiger charge is 2.08. The van der Waals surface area contributed by atoms with Crippen molar-refractivity contribution in [2.24, 2.45) is 0 Å². The van der Waals surface area contributed by atoms with Crippen LogP contribution >= 0.6 is 0 Å². The third kappa shape index (κ3) is 10.2. The van der Waals surface area contributed by atoms with Gasteiger partial charge in [-0.2, -0.15) is 0 Å². The molecule has 3 aromatic carbocycles. The van der Waals surface area contributed by atoms with Crippen LogP contribution in [0.2, 0.25) is 0 Å². The van der Waals surface area contributed by atoms with Gasteiger partial charge in [-0.25, -0.2) is 8.78 Å². The summed E-state index contributed by atoms with van der Waals surface area (Å²) < 4.78 is 29.3. The zero-order valence-corrected chi connectivity index (χ0v) is 23.0. The maximum Gasteiger partial charge on any atom is 0.143 e. The van der Waals surface area contributed by atoms with Crippen molar-refractivity contribution in [3.05, 3.63) is 106 Å². The molecule has 0 unspecified atom stereocenters. The molecule has 0 saturated heterocycles. The van der Waals surface area contributed by atoms with Crippen molar-refractivity contribution in [2.75, 3.05) is 0 Å². The predicted octanol–water partition coefficient (Wildman–Crippen LogP) is 9.79. The summed E-state index contributed by atoms with van der Waals surface area (Å²) >= 11 is 0. The molecule has 198 valence electrons. The number of aryl methyl sites for hydroxylation is 2. The van der Waals surface area contributed by atoms with Crippen LogP contribution < -0.4 is 0 Å². The summed E-state index contributed by atoms with van der Waals surface area (Å²) in [7, 11) is 0. The van der Waals surface area contributed by atoms with E-state index in [9.17, 15) is 8.78 Å². The molecule has 0 amide bonds. The number of unbranched alkanes of at least 4 members (excludes halogenated alkanes) is 8. The summed E-state index contributed by atoms with van der Waals surface area (Å²) in [6.45, 7) is 4.43. The van der Waals surface area contributed by atoms with Crippen LogP contribution in [0.4, 0.5) is 8.78 Å². The Morgan fingerprint density at radius 2 is 0.868 bits per heavy atom. The molecule has 0 atom stereocenters. The Hall–Kier alpha value is -3.36. The molecule has 0 radical (unpaired) electrons. The Morgan fingerprint density at radius 3 is 1.39 bits per heavy atom. The summed E-state index contributed by atoms with van der Waals surface area (Å²) in [5, 5.41) is 0. The molecular weight excluding hydrogens is 470 g/mol. The Labute approximate surface area is 228 Å². The number of halogens is 2. The third-order valence-electron chi connectivity index (χ3n) is 6.77. The first-order chi connectivity index (χ1) is 18.6. The standard InChI is InChI=1S/C36H40F2/c1-3-5-7-8-9-10-12-14-30-15-19-31(20-16-30)23-24-33-27-35(37)34(36(38)28-33)26-25-32-21-17-29(18-22-32)13-11-6-4-2/h15-22,27-28H,3-14H2,1-2H3. The molecule has 0 spiro atoms. The van der Waals surface area contributed by atoms with Gasteiger partial charge in [0.25, 0.3) is 0 Å². The molecule has 0 aromatic heterocycles. The van der Waals surface area contributed by atoms with Gasteiger partial charge in [0.15, 0.2) is 0 Å². The molecule has 38 heavy (non-hydrogen) atoms. The minimum atomic E-state index is -0.692. The van der Waals surface area contributed by atoms with E-state index >= 15 is 0 Å². The first kappa shape index (κ1) is 29.2. The first-order valence-corrected chi connectivity index (χ1v) is 14.3. The van der Waals surface area contributed by atoms with E-state index in [1.54, 1.807) is 0 Å². The minimum absolute atomic E-state index is 0.225. The largest absolute Gasteiger partial charge is 0.205 e. The van der Waals surface area contributed by atoms with E-state index in [0.717, 1.165) is 30.4 Å². The van der Waals surface area contributed by atoms with Crippen molar-refractivity contribution in [3.8, 4) is 23.7 Å². The Bertz CT molecular complexity index is 1220. The van der Waals surface area contributed by atoms with Gasteiger partial charge in [-0.3, -0.25) is 0 Å². The predicted molar refractivity (Wildman–Crippen MR) is 156 cm³/mol. The monoisotopic (exact) mass is 510 g/mol. The van der Waals surface area contributed by atoms with Gasteiger partial charge in [0, 0.05) is 16.7 Å². The second-order valence-corrected chi connectivity index (χ2v) is 10.0. The molecule has 0 aliphatic carbocycles. The minimum Gasteiger partial charge on any atom is -0.205 e. The lowest BCUT2D eigenvalue weighted by Gasteiger charge is -2.03. The van der Waals surface area contributed by atoms with Gasteiger partial charge < -0.3 is 0 Å². The second-order valence-electron chi connectivity index (χ2n) is 10.0. The zero-order chi connectivity index (χ0) is 27.0. The topological polar surface area (TPSA) is 0 Å². The lowest BCUT2D eigenvalue weighted by molar-refractivity contribution is 0.577. The van der Waals surface area contributed by atoms with Crippen LogP contribution in [-0.4, -0.2) is 0 Å². The van der Waals surface area contributed by atoms with Crippen molar-refractivity contribution in [2.45, 2.75) is 90.9 Å². The van der Waals surface area contributed by atoms with Crippen LogP contribution in [0.1, 0.15) is 111 Å². The van der Waals surface area contributed by atoms with Crippen molar-refractivity contribution in [1.29, 1.82) is 0 Å². The Balaban J connectivity index is 1.55. The van der Waals surface area contributed by atoms with Gasteiger partial charge in [-0.1, -0.05) is 113 Å². The van der Waals surface area contributed by atoms with Crippen molar-refractivity contribution in [3.63, 3.8) is 0 Å². The quantitative estimate of drug-likeness (QED) is 0.168. The Kier molecular flexibility index (Phi) is 12.7. The second kappa shape index (κ2) is 16.5. The van der Waals surface area contributed by atoms with Crippen molar-refractivity contribution in [1.82, 2.24) is 0 Å². The average molecular weight is 511 g/mol. The summed E-state index contributed by atoms with van der Waals surface area (Å²) in [6, 6.07) is 18.5. The number of hydrogen-bond acceptors (Lipinski definition) is 0. The number of rotatable bonds is 12. The molecule has 3 rings (SSSR count). The summed E-state index contributed by atoms with van der Waals surface area (Å²) in [4.78, 5) is 0. The maximum absolute atomic E-state index is 14.7.